The summed E-state index contributed by atoms with van der Waals surface area (Å²) < 4.78 is 25.6. The lowest BCUT2D eigenvalue weighted by atomic mass is 9.76. The molecule has 4 aliphatic rings. The molecule has 7 N–H and O–H groups in total. The van der Waals surface area contributed by atoms with Crippen LogP contribution in [0.25, 0.3) is 11.1 Å². The number of phenolic OH excluding ortho intramolecular Hbond substituents is 6. The predicted molar refractivity (Wildman–Crippen MR) is 148 cm³/mol. The van der Waals surface area contributed by atoms with Crippen molar-refractivity contribution in [2.24, 2.45) is 0 Å². The normalized spacial score (nSPS) is 28.1. The first kappa shape index (κ1) is 25.8. The quantitative estimate of drug-likeness (QED) is 0.163. The van der Waals surface area contributed by atoms with Gasteiger partial charge in [0.2, 0.25) is 0 Å². The van der Waals surface area contributed by atoms with Crippen LogP contribution in [-0.4, -0.2) is 66.5 Å². The number of hydrogen-bond donors (Lipinski definition) is 7. The molecule has 1 aliphatic carbocycles. The summed E-state index contributed by atoms with van der Waals surface area (Å²) in [5, 5.41) is 74.3. The first-order valence-electron chi connectivity index (χ1n) is 13.6. The highest BCUT2D eigenvalue weighted by Gasteiger charge is 2.72. The van der Waals surface area contributed by atoms with Gasteiger partial charge in [-0.25, -0.2) is 0 Å². The largest absolute Gasteiger partial charge is 0.508 e. The zero-order valence-corrected chi connectivity index (χ0v) is 22.4. The maximum Gasteiger partial charge on any atom is 0.192 e. The molecule has 0 amide bonds. The van der Waals surface area contributed by atoms with Crippen LogP contribution in [0.1, 0.15) is 22.3 Å². The van der Waals surface area contributed by atoms with Crippen LogP contribution in [0, 0.1) is 0 Å². The standard InChI is InChI=1S/C32H26O11/c33-17-1-3-19-20-9-25(37)23(35)5-15(20)11-30(39,13-40-27(19)7-17)29-42-31-12-16-6-24(36)26(38)10-22(16)32(31,43-29)21-4-2-18(34)8-28(21)41-14-31/h1-10,29,33-39H,11-14H2/t29-,30-,31+,32+/m0/s1. The van der Waals surface area contributed by atoms with E-state index in [4.69, 9.17) is 18.9 Å². The summed E-state index contributed by atoms with van der Waals surface area (Å²) in [6.07, 6.45) is -1.29. The maximum absolute atomic E-state index is 12.4. The molecule has 3 aliphatic heterocycles. The molecule has 0 unspecified atom stereocenters. The highest BCUT2D eigenvalue weighted by molar-refractivity contribution is 5.77. The highest BCUT2D eigenvalue weighted by atomic mass is 16.8. The van der Waals surface area contributed by atoms with E-state index in [9.17, 15) is 35.7 Å². The summed E-state index contributed by atoms with van der Waals surface area (Å²) in [5.74, 6) is -0.968. The lowest BCUT2D eigenvalue weighted by molar-refractivity contribution is -0.218. The van der Waals surface area contributed by atoms with E-state index in [0.29, 0.717) is 39.1 Å². The Bertz CT molecular complexity index is 1850. The first-order valence-corrected chi connectivity index (χ1v) is 13.6. The van der Waals surface area contributed by atoms with Crippen molar-refractivity contribution in [1.29, 1.82) is 0 Å². The van der Waals surface area contributed by atoms with Crippen LogP contribution in [0.4, 0.5) is 0 Å². The van der Waals surface area contributed by atoms with Crippen molar-refractivity contribution in [3.63, 3.8) is 0 Å². The van der Waals surface area contributed by atoms with E-state index in [1.165, 1.54) is 48.5 Å². The molecule has 43 heavy (non-hydrogen) atoms. The minimum atomic E-state index is -1.90. The lowest BCUT2D eigenvalue weighted by Gasteiger charge is -2.42. The molecular formula is C32H26O11. The Morgan fingerprint density at radius 3 is 2.02 bits per heavy atom. The van der Waals surface area contributed by atoms with E-state index in [1.807, 2.05) is 0 Å². The second-order valence-electron chi connectivity index (χ2n) is 11.6. The predicted octanol–water partition coefficient (Wildman–Crippen LogP) is 3.26. The number of phenols is 6. The van der Waals surface area contributed by atoms with Gasteiger partial charge in [0.05, 0.1) is 0 Å². The van der Waals surface area contributed by atoms with Crippen LogP contribution >= 0.6 is 0 Å². The van der Waals surface area contributed by atoms with E-state index < -0.39 is 23.1 Å². The molecule has 0 spiro atoms. The van der Waals surface area contributed by atoms with E-state index >= 15 is 0 Å². The second kappa shape index (κ2) is 8.38. The topological polar surface area (TPSA) is 179 Å². The fraction of sp³-hybridized carbons (Fsp3) is 0.250. The van der Waals surface area contributed by atoms with Gasteiger partial charge < -0.3 is 54.7 Å². The van der Waals surface area contributed by atoms with Crippen molar-refractivity contribution >= 4 is 0 Å². The third-order valence-electron chi connectivity index (χ3n) is 8.99. The Morgan fingerprint density at radius 2 is 1.23 bits per heavy atom. The Morgan fingerprint density at radius 1 is 0.581 bits per heavy atom. The zero-order chi connectivity index (χ0) is 29.9. The molecule has 0 radical (unpaired) electrons. The molecule has 1 fully saturated rings. The molecule has 4 atom stereocenters. The van der Waals surface area contributed by atoms with Crippen molar-refractivity contribution in [2.75, 3.05) is 13.2 Å². The van der Waals surface area contributed by atoms with Gasteiger partial charge in [-0.2, -0.15) is 0 Å². The summed E-state index contributed by atoms with van der Waals surface area (Å²) in [6.45, 7) is -0.395. The molecular weight excluding hydrogens is 560 g/mol. The smallest absolute Gasteiger partial charge is 0.192 e. The van der Waals surface area contributed by atoms with Gasteiger partial charge in [-0.1, -0.05) is 0 Å². The molecule has 8 rings (SSSR count). The average Bonchev–Trinajstić information content (AvgIpc) is 3.44. The first-order chi connectivity index (χ1) is 20.5. The van der Waals surface area contributed by atoms with Crippen molar-refractivity contribution in [1.82, 2.24) is 0 Å². The lowest BCUT2D eigenvalue weighted by Crippen LogP contribution is -2.54. The molecule has 11 heteroatoms. The Labute approximate surface area is 244 Å². The molecule has 220 valence electrons. The molecule has 0 aromatic heterocycles. The monoisotopic (exact) mass is 586 g/mol. The van der Waals surface area contributed by atoms with Gasteiger partial charge in [-0.15, -0.1) is 0 Å². The highest BCUT2D eigenvalue weighted by Crippen LogP contribution is 2.64. The summed E-state index contributed by atoms with van der Waals surface area (Å²) in [6, 6.07) is 14.6. The maximum atomic E-state index is 12.4. The number of fused-ring (bicyclic) bond motifs is 5. The number of hydrogen-bond acceptors (Lipinski definition) is 11. The summed E-state index contributed by atoms with van der Waals surface area (Å²) in [4.78, 5) is 0. The third-order valence-corrected chi connectivity index (χ3v) is 8.99. The minimum Gasteiger partial charge on any atom is -0.508 e. The molecule has 4 aromatic carbocycles. The molecule has 1 saturated heterocycles. The van der Waals surface area contributed by atoms with Gasteiger partial charge in [0.1, 0.15) is 41.8 Å². The Hall–Kier alpha value is -4.84. The van der Waals surface area contributed by atoms with Gasteiger partial charge in [0, 0.05) is 36.1 Å². The Balaban J connectivity index is 1.29. The minimum absolute atomic E-state index is 0.0291. The number of ether oxygens (including phenoxy) is 4. The number of rotatable bonds is 1. The fourth-order valence-electron chi connectivity index (χ4n) is 7.04. The summed E-state index contributed by atoms with van der Waals surface area (Å²) >= 11 is 0. The molecule has 4 aromatic rings. The van der Waals surface area contributed by atoms with E-state index in [0.717, 1.165) is 0 Å². The van der Waals surface area contributed by atoms with E-state index in [-0.39, 0.29) is 66.3 Å². The van der Waals surface area contributed by atoms with Crippen molar-refractivity contribution in [3.8, 4) is 57.1 Å². The van der Waals surface area contributed by atoms with Crippen molar-refractivity contribution in [3.05, 3.63) is 82.9 Å². The molecule has 0 saturated carbocycles. The Kier molecular flexibility index (Phi) is 5.03. The average molecular weight is 587 g/mol. The van der Waals surface area contributed by atoms with Gasteiger partial charge in [0.25, 0.3) is 0 Å². The fourth-order valence-corrected chi connectivity index (χ4v) is 7.04. The number of aliphatic hydroxyl groups is 1. The summed E-state index contributed by atoms with van der Waals surface area (Å²) in [5.41, 5.74) is -1.46. The van der Waals surface area contributed by atoms with Crippen LogP contribution in [0.3, 0.4) is 0 Å². The molecule has 11 nitrogen and oxygen atoms in total. The number of benzene rings is 4. The van der Waals surface area contributed by atoms with Gasteiger partial charge in [-0.05, 0) is 70.8 Å². The molecule has 0 bridgehead atoms. The third kappa shape index (κ3) is 3.40. The van der Waals surface area contributed by atoms with Crippen LogP contribution in [-0.2, 0) is 27.9 Å². The van der Waals surface area contributed by atoms with Gasteiger partial charge in [-0.3, -0.25) is 0 Å². The zero-order valence-electron chi connectivity index (χ0n) is 22.4. The number of aromatic hydroxyl groups is 6. The van der Waals surface area contributed by atoms with Crippen LogP contribution in [0.15, 0.2) is 60.7 Å². The van der Waals surface area contributed by atoms with Gasteiger partial charge in [0.15, 0.2) is 40.5 Å². The summed E-state index contributed by atoms with van der Waals surface area (Å²) in [7, 11) is 0. The second-order valence-corrected chi connectivity index (χ2v) is 11.6. The van der Waals surface area contributed by atoms with Crippen molar-refractivity contribution < 1.29 is 54.7 Å². The van der Waals surface area contributed by atoms with Crippen LogP contribution in [0.5, 0.6) is 46.0 Å². The van der Waals surface area contributed by atoms with Crippen molar-refractivity contribution in [2.45, 2.75) is 35.9 Å². The van der Waals surface area contributed by atoms with E-state index in [1.54, 1.807) is 12.1 Å². The van der Waals surface area contributed by atoms with E-state index in [2.05, 4.69) is 0 Å². The van der Waals surface area contributed by atoms with Gasteiger partial charge >= 0.3 is 0 Å². The molecule has 3 heterocycles. The van der Waals surface area contributed by atoms with Crippen LogP contribution in [0.2, 0.25) is 0 Å². The SMILES string of the molecule is Oc1ccc2c(c1)OC[C@](O)([C@H]1O[C@]34COc5cc(O)ccc5[C@@]3(O1)c1cc(O)c(O)cc1C4)Cc1cc(O)c(O)cc1-2. The van der Waals surface area contributed by atoms with Crippen LogP contribution < -0.4 is 9.47 Å².